The van der Waals surface area contributed by atoms with Crippen molar-refractivity contribution in [3.8, 4) is 0 Å². The van der Waals surface area contributed by atoms with E-state index in [-0.39, 0.29) is 24.0 Å². The molecule has 1 aromatic heterocycles. The number of nitrogens with zero attached hydrogens (tertiary/aromatic N) is 2. The van der Waals surface area contributed by atoms with Gasteiger partial charge in [-0.05, 0) is 38.8 Å². The number of likely N-dealkylation sites (tertiary alicyclic amines) is 1. The first kappa shape index (κ1) is 20.3. The van der Waals surface area contributed by atoms with Crippen molar-refractivity contribution in [2.75, 3.05) is 19.6 Å². The Labute approximate surface area is 161 Å². The molecule has 1 amide bonds. The zero-order chi connectivity index (χ0) is 19.2. The van der Waals surface area contributed by atoms with Crippen molar-refractivity contribution >= 4 is 5.91 Å². The van der Waals surface area contributed by atoms with Crippen LogP contribution in [0.3, 0.4) is 0 Å². The second kappa shape index (κ2) is 9.66. The van der Waals surface area contributed by atoms with Gasteiger partial charge in [0.2, 0.25) is 5.91 Å². The molecule has 3 rings (SSSR count). The molecular formula is C20H33N3O4. The predicted molar refractivity (Wildman–Crippen MR) is 101 cm³/mol. The molecule has 27 heavy (non-hydrogen) atoms. The van der Waals surface area contributed by atoms with Crippen LogP contribution in [0.25, 0.3) is 0 Å². The average molecular weight is 380 g/mol. The number of ether oxygens (including phenoxy) is 1. The molecule has 2 N–H and O–H groups in total. The van der Waals surface area contributed by atoms with Crippen LogP contribution in [0.15, 0.2) is 10.6 Å². The fourth-order valence-corrected chi connectivity index (χ4v) is 3.79. The minimum Gasteiger partial charge on any atom is -0.390 e. The van der Waals surface area contributed by atoms with E-state index in [1.54, 1.807) is 0 Å². The third-order valence-electron chi connectivity index (χ3n) is 5.46. The van der Waals surface area contributed by atoms with Gasteiger partial charge in [0.15, 0.2) is 5.76 Å². The number of aliphatic hydroxyl groups excluding tert-OH is 1. The molecule has 0 saturated carbocycles. The molecule has 3 unspecified atom stereocenters. The lowest BCUT2D eigenvalue weighted by Crippen LogP contribution is -2.47. The lowest BCUT2D eigenvalue weighted by molar-refractivity contribution is -0.131. The summed E-state index contributed by atoms with van der Waals surface area (Å²) >= 11 is 0. The number of piperidine rings is 1. The molecule has 0 aromatic carbocycles. The van der Waals surface area contributed by atoms with E-state index < -0.39 is 6.10 Å². The number of amides is 1. The van der Waals surface area contributed by atoms with Crippen LogP contribution in [-0.4, -0.2) is 59.0 Å². The number of hydrogen-bond donors (Lipinski definition) is 2. The molecule has 0 aliphatic carbocycles. The Bertz CT molecular complexity index is 598. The summed E-state index contributed by atoms with van der Waals surface area (Å²) in [6.07, 6.45) is 5.04. The van der Waals surface area contributed by atoms with Crippen molar-refractivity contribution in [1.82, 2.24) is 15.4 Å². The lowest BCUT2D eigenvalue weighted by atomic mass is 9.98. The van der Waals surface area contributed by atoms with Gasteiger partial charge in [0.25, 0.3) is 0 Å². The highest BCUT2D eigenvalue weighted by atomic mass is 16.5. The molecule has 0 radical (unpaired) electrons. The minimum atomic E-state index is -0.541. The van der Waals surface area contributed by atoms with Crippen molar-refractivity contribution in [2.24, 2.45) is 5.92 Å². The van der Waals surface area contributed by atoms with Crippen molar-refractivity contribution in [3.05, 3.63) is 17.5 Å². The molecule has 3 atom stereocenters. The number of hydrogen-bond acceptors (Lipinski definition) is 6. The highest BCUT2D eigenvalue weighted by Gasteiger charge is 2.31. The summed E-state index contributed by atoms with van der Waals surface area (Å²) in [4.78, 5) is 14.2. The van der Waals surface area contributed by atoms with Gasteiger partial charge in [-0.2, -0.15) is 0 Å². The Balaban J connectivity index is 1.47. The molecule has 2 aliphatic rings. The van der Waals surface area contributed by atoms with Crippen LogP contribution in [0, 0.1) is 5.92 Å². The van der Waals surface area contributed by atoms with Gasteiger partial charge >= 0.3 is 0 Å². The van der Waals surface area contributed by atoms with Gasteiger partial charge in [0, 0.05) is 24.9 Å². The van der Waals surface area contributed by atoms with Gasteiger partial charge < -0.3 is 19.7 Å². The summed E-state index contributed by atoms with van der Waals surface area (Å²) in [7, 11) is 0. The number of carbonyl (C=O) groups is 1. The van der Waals surface area contributed by atoms with E-state index in [1.807, 2.05) is 19.9 Å². The summed E-state index contributed by atoms with van der Waals surface area (Å²) in [5, 5.41) is 17.2. The van der Waals surface area contributed by atoms with Crippen LogP contribution in [-0.2, 0) is 22.5 Å². The fourth-order valence-electron chi connectivity index (χ4n) is 3.79. The van der Waals surface area contributed by atoms with Gasteiger partial charge in [-0.1, -0.05) is 25.4 Å². The quantitative estimate of drug-likeness (QED) is 0.752. The maximum Gasteiger partial charge on any atom is 0.222 e. The first-order valence-corrected chi connectivity index (χ1v) is 10.3. The summed E-state index contributed by atoms with van der Waals surface area (Å²) in [6, 6.07) is 2.03. The molecule has 152 valence electrons. The maximum atomic E-state index is 11.8. The number of nitrogens with one attached hydrogen (secondary N) is 1. The van der Waals surface area contributed by atoms with Gasteiger partial charge in [0.1, 0.15) is 6.10 Å². The van der Waals surface area contributed by atoms with Crippen LogP contribution in [0.4, 0.5) is 0 Å². The fraction of sp³-hybridized carbons (Fsp3) is 0.800. The summed E-state index contributed by atoms with van der Waals surface area (Å²) in [5.41, 5.74) is 0.897. The predicted octanol–water partition coefficient (Wildman–Crippen LogP) is 1.88. The monoisotopic (exact) mass is 379 g/mol. The molecule has 2 aliphatic heterocycles. The smallest absolute Gasteiger partial charge is 0.222 e. The molecule has 2 saturated heterocycles. The Morgan fingerprint density at radius 3 is 2.85 bits per heavy atom. The third-order valence-corrected chi connectivity index (χ3v) is 5.46. The van der Waals surface area contributed by atoms with Crippen LogP contribution < -0.4 is 5.32 Å². The topological polar surface area (TPSA) is 87.8 Å². The standard InChI is InChI=1S/C20H33N3O4/c1-14(2)20(25)21-12-19-18(24)7-6-16(26-19)10-15-11-17(27-22-15)13-23-8-4-3-5-9-23/h11,14,16,18-19,24H,3-10,12-13H2,1-2H3,(H,21,25). The van der Waals surface area contributed by atoms with Crippen LogP contribution in [0.5, 0.6) is 0 Å². The van der Waals surface area contributed by atoms with Crippen LogP contribution >= 0.6 is 0 Å². The number of rotatable bonds is 7. The normalized spacial score (nSPS) is 27.0. The highest BCUT2D eigenvalue weighted by molar-refractivity contribution is 5.77. The van der Waals surface area contributed by atoms with Crippen LogP contribution in [0.2, 0.25) is 0 Å². The second-order valence-electron chi connectivity index (χ2n) is 8.17. The largest absolute Gasteiger partial charge is 0.390 e. The zero-order valence-electron chi connectivity index (χ0n) is 16.5. The maximum absolute atomic E-state index is 11.8. The Hall–Kier alpha value is -1.44. The van der Waals surface area contributed by atoms with E-state index in [4.69, 9.17) is 9.26 Å². The van der Waals surface area contributed by atoms with E-state index in [0.29, 0.717) is 19.4 Å². The first-order valence-electron chi connectivity index (χ1n) is 10.3. The Kier molecular flexibility index (Phi) is 7.26. The average Bonchev–Trinajstić information content (AvgIpc) is 3.09. The van der Waals surface area contributed by atoms with E-state index in [1.165, 1.54) is 19.3 Å². The van der Waals surface area contributed by atoms with E-state index in [9.17, 15) is 9.90 Å². The molecule has 0 spiro atoms. The molecule has 2 fully saturated rings. The molecule has 7 nitrogen and oxygen atoms in total. The second-order valence-corrected chi connectivity index (χ2v) is 8.17. The summed E-state index contributed by atoms with van der Waals surface area (Å²) in [6.45, 7) is 7.12. The van der Waals surface area contributed by atoms with E-state index in [0.717, 1.165) is 37.5 Å². The van der Waals surface area contributed by atoms with Crippen LogP contribution in [0.1, 0.15) is 57.4 Å². The van der Waals surface area contributed by atoms with E-state index >= 15 is 0 Å². The minimum absolute atomic E-state index is 0.0118. The number of aliphatic hydroxyl groups is 1. The molecule has 3 heterocycles. The molecular weight excluding hydrogens is 346 g/mol. The molecule has 1 aromatic rings. The molecule has 0 bridgehead atoms. The third kappa shape index (κ3) is 6.02. The van der Waals surface area contributed by atoms with Gasteiger partial charge in [-0.3, -0.25) is 9.69 Å². The Morgan fingerprint density at radius 1 is 1.33 bits per heavy atom. The van der Waals surface area contributed by atoms with Crippen molar-refractivity contribution in [2.45, 2.75) is 77.2 Å². The van der Waals surface area contributed by atoms with Crippen molar-refractivity contribution in [3.63, 3.8) is 0 Å². The lowest BCUT2D eigenvalue weighted by Gasteiger charge is -2.34. The number of carbonyl (C=O) groups excluding carboxylic acids is 1. The van der Waals surface area contributed by atoms with Crippen molar-refractivity contribution < 1.29 is 19.2 Å². The zero-order valence-corrected chi connectivity index (χ0v) is 16.5. The summed E-state index contributed by atoms with van der Waals surface area (Å²) < 4.78 is 11.5. The van der Waals surface area contributed by atoms with Gasteiger partial charge in [-0.25, -0.2) is 0 Å². The van der Waals surface area contributed by atoms with Gasteiger partial charge in [-0.15, -0.1) is 0 Å². The number of aromatic nitrogens is 1. The summed E-state index contributed by atoms with van der Waals surface area (Å²) in [5.74, 6) is 0.810. The Morgan fingerprint density at radius 2 is 2.11 bits per heavy atom. The van der Waals surface area contributed by atoms with E-state index in [2.05, 4.69) is 15.4 Å². The molecule has 7 heteroatoms. The van der Waals surface area contributed by atoms with Crippen molar-refractivity contribution in [1.29, 1.82) is 0 Å². The highest BCUT2D eigenvalue weighted by Crippen LogP contribution is 2.23. The SMILES string of the molecule is CC(C)C(=O)NCC1OC(Cc2cc(CN3CCCCC3)on2)CCC1O. The van der Waals surface area contributed by atoms with Gasteiger partial charge in [0.05, 0.1) is 24.4 Å². The first-order chi connectivity index (χ1) is 13.0.